The van der Waals surface area contributed by atoms with Gasteiger partial charge >= 0.3 is 6.18 Å². The molecule has 2 aromatic heterocycles. The molecule has 40 heavy (non-hydrogen) atoms. The summed E-state index contributed by atoms with van der Waals surface area (Å²) < 4.78 is 69.4. The number of thiazole rings is 1. The molecular formula is C27H30F3N3O4S3. The fraction of sp³-hybridized carbons (Fsp3) is 0.481. The van der Waals surface area contributed by atoms with Crippen LogP contribution in [0.4, 0.5) is 13.2 Å². The van der Waals surface area contributed by atoms with Gasteiger partial charge in [-0.25, -0.2) is 13.4 Å². The molecule has 1 saturated heterocycles. The molecule has 5 rings (SSSR count). The molecule has 1 aromatic carbocycles. The number of halogens is 3. The summed E-state index contributed by atoms with van der Waals surface area (Å²) in [5.74, 6) is -0.169. The van der Waals surface area contributed by atoms with Crippen LogP contribution in [0.1, 0.15) is 62.2 Å². The second kappa shape index (κ2) is 11.2. The third-order valence-corrected chi connectivity index (χ3v) is 11.5. The molecule has 0 aliphatic carbocycles. The van der Waals surface area contributed by atoms with E-state index in [9.17, 15) is 26.4 Å². The second-order valence-corrected chi connectivity index (χ2v) is 14.7. The molecule has 7 nitrogen and oxygen atoms in total. The molecule has 1 atom stereocenters. The van der Waals surface area contributed by atoms with Gasteiger partial charge in [0.2, 0.25) is 0 Å². The highest BCUT2D eigenvalue weighted by Crippen LogP contribution is 2.47. The standard InChI is InChI=1S/C27H30F3N3O4S3/c1-3-40(35,36)20-6-4-18(5-7-20)14-32-25(34)21-13-19-12-17(2)37-26(24(19)38-21)8-10-33(11-9-26)16-23-31-15-22(39-23)27(28,29)30/h4-7,13,15,17H,3,8-12,14,16H2,1-2H3,(H,32,34)/t17-/m0/s1. The Morgan fingerprint density at radius 2 is 1.90 bits per heavy atom. The number of rotatable bonds is 7. The fourth-order valence-electron chi connectivity index (χ4n) is 5.24. The van der Waals surface area contributed by atoms with E-state index in [4.69, 9.17) is 4.74 Å². The fourth-order valence-corrected chi connectivity index (χ4v) is 8.25. The van der Waals surface area contributed by atoms with Crippen molar-refractivity contribution in [1.29, 1.82) is 0 Å². The highest BCUT2D eigenvalue weighted by Gasteiger charge is 2.45. The number of alkyl halides is 3. The van der Waals surface area contributed by atoms with Crippen molar-refractivity contribution >= 4 is 38.4 Å². The Balaban J connectivity index is 1.23. The number of likely N-dealkylation sites (tertiary alicyclic amines) is 1. The Morgan fingerprint density at radius 1 is 1.20 bits per heavy atom. The Bertz CT molecular complexity index is 1470. The zero-order valence-corrected chi connectivity index (χ0v) is 24.5. The molecule has 1 amide bonds. The summed E-state index contributed by atoms with van der Waals surface area (Å²) >= 11 is 2.12. The molecule has 13 heteroatoms. The van der Waals surface area contributed by atoms with Crippen LogP contribution in [0.5, 0.6) is 0 Å². The van der Waals surface area contributed by atoms with Crippen molar-refractivity contribution in [3.63, 3.8) is 0 Å². The number of nitrogens with zero attached hydrogens (tertiary/aromatic N) is 2. The van der Waals surface area contributed by atoms with Gasteiger partial charge in [0.1, 0.15) is 15.5 Å². The van der Waals surface area contributed by atoms with Crippen LogP contribution in [0.25, 0.3) is 0 Å². The van der Waals surface area contributed by atoms with Crippen LogP contribution in [-0.4, -0.2) is 49.2 Å². The van der Waals surface area contributed by atoms with Gasteiger partial charge in [-0.1, -0.05) is 19.1 Å². The minimum atomic E-state index is -4.38. The van der Waals surface area contributed by atoms with Gasteiger partial charge in [0.25, 0.3) is 5.91 Å². The number of thiophene rings is 1. The van der Waals surface area contributed by atoms with Gasteiger partial charge in [0.05, 0.1) is 34.4 Å². The number of fused-ring (bicyclic) bond motifs is 2. The first kappa shape index (κ1) is 29.2. The van der Waals surface area contributed by atoms with Gasteiger partial charge in [-0.05, 0) is 55.5 Å². The third kappa shape index (κ3) is 6.13. The number of ether oxygens (including phenoxy) is 1. The maximum Gasteiger partial charge on any atom is 0.427 e. The van der Waals surface area contributed by atoms with Gasteiger partial charge in [-0.3, -0.25) is 9.69 Å². The molecule has 0 saturated carbocycles. The van der Waals surface area contributed by atoms with Crippen LogP contribution in [0.3, 0.4) is 0 Å². The van der Waals surface area contributed by atoms with Crippen molar-refractivity contribution in [2.75, 3.05) is 18.8 Å². The van der Waals surface area contributed by atoms with E-state index >= 15 is 0 Å². The van der Waals surface area contributed by atoms with Gasteiger partial charge in [-0.2, -0.15) is 13.2 Å². The van der Waals surface area contributed by atoms with Gasteiger partial charge in [0.15, 0.2) is 9.84 Å². The first-order chi connectivity index (χ1) is 18.9. The molecule has 2 aliphatic heterocycles. The van der Waals surface area contributed by atoms with Crippen molar-refractivity contribution in [2.45, 2.75) is 69.0 Å². The van der Waals surface area contributed by atoms with E-state index in [0.29, 0.717) is 60.1 Å². The lowest BCUT2D eigenvalue weighted by atomic mass is 9.84. The van der Waals surface area contributed by atoms with E-state index in [2.05, 4.69) is 15.2 Å². The Morgan fingerprint density at radius 3 is 2.52 bits per heavy atom. The molecule has 1 spiro atoms. The van der Waals surface area contributed by atoms with Crippen LogP contribution >= 0.6 is 22.7 Å². The number of piperidine rings is 1. The number of carbonyl (C=O) groups is 1. The van der Waals surface area contributed by atoms with Crippen molar-refractivity contribution < 1.29 is 31.1 Å². The Hall–Kier alpha value is -2.32. The number of carbonyl (C=O) groups excluding carboxylic acids is 1. The maximum atomic E-state index is 13.1. The third-order valence-electron chi connectivity index (χ3n) is 7.35. The molecule has 0 radical (unpaired) electrons. The highest BCUT2D eigenvalue weighted by atomic mass is 32.2. The lowest BCUT2D eigenvalue weighted by Crippen LogP contribution is -2.47. The number of aromatic nitrogens is 1. The van der Waals surface area contributed by atoms with Crippen LogP contribution in [0, 0.1) is 0 Å². The van der Waals surface area contributed by atoms with Crippen molar-refractivity contribution in [1.82, 2.24) is 15.2 Å². The van der Waals surface area contributed by atoms with Crippen LogP contribution in [-0.2, 0) is 45.9 Å². The van der Waals surface area contributed by atoms with E-state index in [1.807, 2.05) is 13.0 Å². The van der Waals surface area contributed by atoms with Gasteiger partial charge in [0, 0.05) is 24.5 Å². The minimum Gasteiger partial charge on any atom is -0.366 e. The minimum absolute atomic E-state index is 0.0178. The first-order valence-electron chi connectivity index (χ1n) is 13.0. The summed E-state index contributed by atoms with van der Waals surface area (Å²) in [4.78, 5) is 20.4. The predicted molar refractivity (Wildman–Crippen MR) is 147 cm³/mol. The maximum absolute atomic E-state index is 13.1. The van der Waals surface area contributed by atoms with E-state index in [1.54, 1.807) is 31.2 Å². The summed E-state index contributed by atoms with van der Waals surface area (Å²) in [7, 11) is -3.28. The van der Waals surface area contributed by atoms with Gasteiger partial charge in [-0.15, -0.1) is 22.7 Å². The molecule has 4 heterocycles. The Labute approximate surface area is 239 Å². The van der Waals surface area contributed by atoms with E-state index < -0.39 is 26.5 Å². The predicted octanol–water partition coefficient (Wildman–Crippen LogP) is 5.40. The molecule has 3 aromatic rings. The summed E-state index contributed by atoms with van der Waals surface area (Å²) in [6, 6.07) is 8.46. The normalized spacial score (nSPS) is 19.5. The molecule has 0 bridgehead atoms. The summed E-state index contributed by atoms with van der Waals surface area (Å²) in [5, 5.41) is 3.38. The molecule has 0 unspecified atom stereocenters. The number of nitrogens with one attached hydrogen (secondary N) is 1. The van der Waals surface area contributed by atoms with Crippen molar-refractivity contribution in [3.8, 4) is 0 Å². The van der Waals surface area contributed by atoms with Crippen LogP contribution in [0.2, 0.25) is 0 Å². The molecule has 2 aliphatic rings. The quantitative estimate of drug-likeness (QED) is 0.384. The molecule has 1 fully saturated rings. The summed E-state index contributed by atoms with van der Waals surface area (Å²) in [6.07, 6.45) is -1.44. The zero-order valence-electron chi connectivity index (χ0n) is 22.1. The van der Waals surface area contributed by atoms with Gasteiger partial charge < -0.3 is 10.1 Å². The number of amides is 1. The van der Waals surface area contributed by atoms with E-state index in [-0.39, 0.29) is 29.2 Å². The number of hydrogen-bond acceptors (Lipinski definition) is 8. The largest absolute Gasteiger partial charge is 0.427 e. The topological polar surface area (TPSA) is 88.6 Å². The molecule has 216 valence electrons. The molecule has 1 N–H and O–H groups in total. The summed E-state index contributed by atoms with van der Waals surface area (Å²) in [6.45, 7) is 5.55. The average molecular weight is 614 g/mol. The first-order valence-corrected chi connectivity index (χ1v) is 16.3. The average Bonchev–Trinajstić information content (AvgIpc) is 3.57. The number of benzene rings is 1. The highest BCUT2D eigenvalue weighted by molar-refractivity contribution is 7.91. The van der Waals surface area contributed by atoms with Crippen molar-refractivity contribution in [3.05, 3.63) is 67.3 Å². The number of hydrogen-bond donors (Lipinski definition) is 1. The smallest absolute Gasteiger partial charge is 0.366 e. The molecular weight excluding hydrogens is 584 g/mol. The number of sulfone groups is 1. The van der Waals surface area contributed by atoms with Crippen LogP contribution < -0.4 is 5.32 Å². The monoisotopic (exact) mass is 613 g/mol. The zero-order chi connectivity index (χ0) is 28.7. The van der Waals surface area contributed by atoms with E-state index in [1.165, 1.54) is 11.3 Å². The second-order valence-electron chi connectivity index (χ2n) is 10.2. The lowest BCUT2D eigenvalue weighted by molar-refractivity contribution is -0.134. The van der Waals surface area contributed by atoms with E-state index in [0.717, 1.165) is 22.2 Å². The van der Waals surface area contributed by atoms with Crippen molar-refractivity contribution in [2.24, 2.45) is 0 Å². The Kier molecular flexibility index (Phi) is 8.14. The lowest BCUT2D eigenvalue weighted by Gasteiger charge is -2.45. The SMILES string of the molecule is CCS(=O)(=O)c1ccc(CNC(=O)c2cc3c(s2)C2(CCN(Cc4ncc(C(F)(F)F)s4)CC2)O[C@@H](C)C3)cc1. The summed E-state index contributed by atoms with van der Waals surface area (Å²) in [5.41, 5.74) is 1.38. The van der Waals surface area contributed by atoms with Crippen LogP contribution in [0.15, 0.2) is 41.4 Å².